The number of pyridine rings is 1. The second kappa shape index (κ2) is 5.28. The summed E-state index contributed by atoms with van der Waals surface area (Å²) in [4.78, 5) is 1.02. The van der Waals surface area contributed by atoms with Gasteiger partial charge in [-0.05, 0) is 33.9 Å². The zero-order chi connectivity index (χ0) is 14.0. The van der Waals surface area contributed by atoms with Gasteiger partial charge in [0.15, 0.2) is 0 Å². The van der Waals surface area contributed by atoms with Crippen molar-refractivity contribution in [2.75, 3.05) is 0 Å². The third-order valence-electron chi connectivity index (χ3n) is 2.41. The molecule has 1 atom stereocenters. The third kappa shape index (κ3) is 3.31. The number of hydrogen-bond donors (Lipinski definition) is 0. The molecule has 0 saturated heterocycles. The van der Waals surface area contributed by atoms with Crippen molar-refractivity contribution >= 4 is 32.2 Å². The molecule has 0 radical (unpaired) electrons. The highest BCUT2D eigenvalue weighted by atomic mass is 32.2. The lowest BCUT2D eigenvalue weighted by molar-refractivity contribution is 0.203. The number of halogens is 2. The molecule has 0 fully saturated rings. The lowest BCUT2D eigenvalue weighted by Crippen LogP contribution is -2.01. The third-order valence-corrected chi connectivity index (χ3v) is 3.17. The molecule has 1 unspecified atom stereocenters. The minimum Gasteiger partial charge on any atom is -0.399 e. The molecule has 0 bridgehead atoms. The number of rotatable bonds is 3. The maximum atomic E-state index is 12.7. The van der Waals surface area contributed by atoms with Gasteiger partial charge in [-0.3, -0.25) is 0 Å². The van der Waals surface area contributed by atoms with E-state index in [1.807, 2.05) is 19.1 Å². The molecular weight excluding hydrogens is 289 g/mol. The van der Waals surface area contributed by atoms with Crippen molar-refractivity contribution < 1.29 is 13.0 Å². The van der Waals surface area contributed by atoms with Crippen molar-refractivity contribution in [2.24, 2.45) is 0 Å². The summed E-state index contributed by atoms with van der Waals surface area (Å²) < 4.78 is 30.1. The van der Waals surface area contributed by atoms with Crippen LogP contribution in [-0.4, -0.2) is 9.98 Å². The van der Waals surface area contributed by atoms with Crippen LogP contribution < -0.4 is 4.18 Å². The zero-order valence-electron chi connectivity index (χ0n) is 9.85. The first-order valence-corrected chi connectivity index (χ1v) is 6.55. The minimum absolute atomic E-state index is 0.00290. The van der Waals surface area contributed by atoms with Crippen LogP contribution in [-0.2, 0) is 0 Å². The van der Waals surface area contributed by atoms with Crippen LogP contribution in [0.15, 0.2) is 24.3 Å². The van der Waals surface area contributed by atoms with E-state index in [1.54, 1.807) is 12.1 Å². The van der Waals surface area contributed by atoms with Crippen LogP contribution in [0, 0.1) is 18.3 Å². The molecule has 0 amide bonds. The fourth-order valence-corrected chi connectivity index (χ4v) is 2.01. The number of hydrogen-bond acceptors (Lipinski definition) is 4. The predicted octanol–water partition coefficient (Wildman–Crippen LogP) is 3.87. The van der Waals surface area contributed by atoms with Crippen LogP contribution in [0.3, 0.4) is 0 Å². The van der Waals surface area contributed by atoms with Crippen LogP contribution in [0.1, 0.15) is 11.1 Å². The second-order valence-electron chi connectivity index (χ2n) is 3.82. The number of nitrogens with zero attached hydrogens (tertiary/aromatic N) is 2. The van der Waals surface area contributed by atoms with Gasteiger partial charge in [-0.2, -0.15) is 14.0 Å². The zero-order valence-corrected chi connectivity index (χ0v) is 11.8. The molecule has 0 spiro atoms. The van der Waals surface area contributed by atoms with Crippen LogP contribution in [0.25, 0.3) is 10.9 Å². The number of nitriles is 1. The summed E-state index contributed by atoms with van der Waals surface area (Å²) in [6, 6.07) is 8.68. The van der Waals surface area contributed by atoms with Crippen molar-refractivity contribution in [3.63, 3.8) is 0 Å². The van der Waals surface area contributed by atoms with Crippen LogP contribution in [0.2, 0.25) is 0 Å². The van der Waals surface area contributed by atoms with E-state index in [9.17, 15) is 8.78 Å². The van der Waals surface area contributed by atoms with E-state index in [1.165, 1.54) is 15.3 Å². The predicted molar refractivity (Wildman–Crippen MR) is 74.1 cm³/mol. The van der Waals surface area contributed by atoms with Gasteiger partial charge in [-0.1, -0.05) is 6.07 Å². The van der Waals surface area contributed by atoms with Crippen LogP contribution in [0.4, 0.5) is 8.78 Å². The maximum absolute atomic E-state index is 12.7. The summed E-state index contributed by atoms with van der Waals surface area (Å²) in [7, 11) is 1.37. The Morgan fingerprint density at radius 3 is 2.74 bits per heavy atom. The van der Waals surface area contributed by atoms with E-state index in [-0.39, 0.29) is 17.9 Å². The van der Waals surface area contributed by atoms with E-state index in [0.717, 1.165) is 10.9 Å². The number of aryl methyl sites for hydroxylation is 1. The van der Waals surface area contributed by atoms with E-state index < -0.39 is 5.00 Å². The summed E-state index contributed by atoms with van der Waals surface area (Å²) >= 11 is -0.00290. The summed E-state index contributed by atoms with van der Waals surface area (Å²) in [5.41, 5.74) is 1.79. The standard InChI is InChI=1S/C12H9F2N2OPS/c1-7-2-3-8(6-15)11-9(7)4-5-10(16-11)17-19-12(13,14)18/h2-5H,18H2,1H3. The average molecular weight is 298 g/mol. The summed E-state index contributed by atoms with van der Waals surface area (Å²) in [5, 5.41) is 9.82. The summed E-state index contributed by atoms with van der Waals surface area (Å²) in [6.07, 6.45) is 0. The number of aromatic nitrogens is 1. The molecular formula is C12H9F2N2OPS. The van der Waals surface area contributed by atoms with E-state index in [4.69, 9.17) is 9.44 Å². The van der Waals surface area contributed by atoms with Gasteiger partial charge in [0.05, 0.1) is 11.1 Å². The first kappa shape index (κ1) is 14.0. The molecule has 1 aromatic carbocycles. The molecule has 0 aliphatic carbocycles. The Bertz CT molecular complexity index is 667. The SMILES string of the molecule is Cc1ccc(C#N)c2nc(OSC(F)(F)P)ccc12. The first-order chi connectivity index (χ1) is 8.90. The van der Waals surface area contributed by atoms with Gasteiger partial charge < -0.3 is 4.18 Å². The lowest BCUT2D eigenvalue weighted by Gasteiger charge is -2.10. The fraction of sp³-hybridized carbons (Fsp3) is 0.167. The highest BCUT2D eigenvalue weighted by Gasteiger charge is 2.25. The van der Waals surface area contributed by atoms with Gasteiger partial charge in [0, 0.05) is 11.5 Å². The normalized spacial score (nSPS) is 11.3. The first-order valence-electron chi connectivity index (χ1n) is 5.23. The minimum atomic E-state index is -3.08. The van der Waals surface area contributed by atoms with Gasteiger partial charge in [0.25, 0.3) is 0 Å². The van der Waals surface area contributed by atoms with Crippen LogP contribution in [0.5, 0.6) is 5.88 Å². The van der Waals surface area contributed by atoms with Crippen molar-refractivity contribution in [3.05, 3.63) is 35.4 Å². The molecule has 2 rings (SSSR count). The van der Waals surface area contributed by atoms with E-state index in [0.29, 0.717) is 11.1 Å². The summed E-state index contributed by atoms with van der Waals surface area (Å²) in [5.74, 6) is 0.0433. The lowest BCUT2D eigenvalue weighted by atomic mass is 10.1. The van der Waals surface area contributed by atoms with Gasteiger partial charge in [-0.25, -0.2) is 4.98 Å². The molecule has 1 aromatic heterocycles. The summed E-state index contributed by atoms with van der Waals surface area (Å²) in [6.45, 7) is 1.89. The highest BCUT2D eigenvalue weighted by molar-refractivity contribution is 7.99. The quantitative estimate of drug-likeness (QED) is 0.637. The Kier molecular flexibility index (Phi) is 3.88. The van der Waals surface area contributed by atoms with E-state index in [2.05, 4.69) is 4.98 Å². The largest absolute Gasteiger partial charge is 0.399 e. The second-order valence-corrected chi connectivity index (χ2v) is 5.84. The molecule has 0 N–H and O–H groups in total. The fourth-order valence-electron chi connectivity index (χ4n) is 1.58. The van der Waals surface area contributed by atoms with Crippen molar-refractivity contribution in [1.82, 2.24) is 4.98 Å². The molecule has 3 nitrogen and oxygen atoms in total. The monoisotopic (exact) mass is 298 g/mol. The van der Waals surface area contributed by atoms with Gasteiger partial charge in [-0.15, -0.1) is 0 Å². The Morgan fingerprint density at radius 2 is 2.11 bits per heavy atom. The molecule has 19 heavy (non-hydrogen) atoms. The molecule has 7 heteroatoms. The van der Waals surface area contributed by atoms with Gasteiger partial charge >= 0.3 is 5.00 Å². The van der Waals surface area contributed by atoms with Crippen molar-refractivity contribution in [2.45, 2.75) is 11.9 Å². The Hall–Kier alpha value is -1.44. The maximum Gasteiger partial charge on any atom is 0.338 e. The van der Waals surface area contributed by atoms with Crippen molar-refractivity contribution in [1.29, 1.82) is 5.26 Å². The molecule has 2 aromatic rings. The van der Waals surface area contributed by atoms with Gasteiger partial charge in [0.1, 0.15) is 18.1 Å². The molecule has 0 saturated carbocycles. The topological polar surface area (TPSA) is 45.9 Å². The Labute approximate surface area is 115 Å². The smallest absolute Gasteiger partial charge is 0.338 e. The van der Waals surface area contributed by atoms with E-state index >= 15 is 0 Å². The van der Waals surface area contributed by atoms with Crippen LogP contribution >= 0.6 is 21.3 Å². The molecule has 0 aliphatic rings. The van der Waals surface area contributed by atoms with Gasteiger partial charge in [0.2, 0.25) is 5.88 Å². The molecule has 98 valence electrons. The average Bonchev–Trinajstić information content (AvgIpc) is 2.36. The molecule has 0 aliphatic heterocycles. The number of benzene rings is 1. The Balaban J connectivity index is 2.43. The highest BCUT2D eigenvalue weighted by Crippen LogP contribution is 2.37. The number of fused-ring (bicyclic) bond motifs is 1. The number of alkyl halides is 2. The van der Waals surface area contributed by atoms with Crippen molar-refractivity contribution in [3.8, 4) is 11.9 Å². The molecule has 1 heterocycles. The Morgan fingerprint density at radius 1 is 1.37 bits per heavy atom.